The monoisotopic (exact) mass is 453 g/mol. The predicted octanol–water partition coefficient (Wildman–Crippen LogP) is 5.13. The van der Waals surface area contributed by atoms with Gasteiger partial charge in [0.15, 0.2) is 0 Å². The van der Waals surface area contributed by atoms with Gasteiger partial charge in [0.1, 0.15) is 5.75 Å². The number of carbonyl (C=O) groups excluding carboxylic acids is 2. The molecule has 2 heterocycles. The number of ether oxygens (including phenoxy) is 1. The van der Waals surface area contributed by atoms with Gasteiger partial charge in [0.05, 0.1) is 24.3 Å². The summed E-state index contributed by atoms with van der Waals surface area (Å²) in [4.78, 5) is 29.0. The minimum Gasteiger partial charge on any atom is -0.492 e. The number of rotatable bonds is 5. The number of nitrogens with one attached hydrogen (secondary N) is 1. The Kier molecular flexibility index (Phi) is 5.57. The SMILES string of the molecule is CCOc1ccccc1NC(=O)[C@@H]1c2ccccc2C(=O)N(C)[C@H]1c1cn(C)c2ccccc12. The fourth-order valence-corrected chi connectivity index (χ4v) is 5.02. The van der Waals surface area contributed by atoms with Crippen molar-refractivity contribution in [2.45, 2.75) is 18.9 Å². The molecule has 1 aromatic heterocycles. The highest BCUT2D eigenvalue weighted by Gasteiger charge is 2.43. The number of amides is 2. The normalized spacial score (nSPS) is 17.5. The molecule has 6 heteroatoms. The molecule has 0 radical (unpaired) electrons. The first-order valence-electron chi connectivity index (χ1n) is 11.4. The summed E-state index contributed by atoms with van der Waals surface area (Å²) < 4.78 is 7.77. The number of anilines is 1. The van der Waals surface area contributed by atoms with E-state index in [1.807, 2.05) is 91.5 Å². The van der Waals surface area contributed by atoms with Gasteiger partial charge in [-0.25, -0.2) is 0 Å². The van der Waals surface area contributed by atoms with Gasteiger partial charge in [-0.15, -0.1) is 0 Å². The maximum atomic E-state index is 14.0. The van der Waals surface area contributed by atoms with E-state index >= 15 is 0 Å². The smallest absolute Gasteiger partial charge is 0.254 e. The van der Waals surface area contributed by atoms with Gasteiger partial charge in [-0.2, -0.15) is 0 Å². The number of likely N-dealkylation sites (N-methyl/N-ethyl adjacent to an activating group) is 1. The molecule has 0 fully saturated rings. The number of hydrogen-bond donors (Lipinski definition) is 1. The van der Waals surface area contributed by atoms with Crippen molar-refractivity contribution in [3.8, 4) is 5.75 Å². The standard InChI is InChI=1S/C28H27N3O3/c1-4-34-24-16-10-8-14-22(24)29-27(32)25-19-12-5-6-13-20(19)28(33)31(3)26(25)21-17-30(2)23-15-9-7-11-18(21)23/h5-17,25-26H,4H2,1-3H3,(H,29,32)/t25-,26+/m1/s1. The van der Waals surface area contributed by atoms with Crippen LogP contribution in [-0.4, -0.2) is 34.9 Å². The molecule has 1 N–H and O–H groups in total. The average Bonchev–Trinajstić information content (AvgIpc) is 3.18. The van der Waals surface area contributed by atoms with Crippen LogP contribution in [-0.2, 0) is 11.8 Å². The van der Waals surface area contributed by atoms with Gasteiger partial charge in [0.2, 0.25) is 5.91 Å². The van der Waals surface area contributed by atoms with Crippen molar-refractivity contribution in [1.29, 1.82) is 0 Å². The van der Waals surface area contributed by atoms with Crippen LogP contribution in [0.3, 0.4) is 0 Å². The molecule has 5 rings (SSSR count). The highest BCUT2D eigenvalue weighted by molar-refractivity contribution is 6.05. The quantitative estimate of drug-likeness (QED) is 0.456. The Bertz CT molecular complexity index is 1390. The molecule has 0 aliphatic carbocycles. The van der Waals surface area contributed by atoms with Gasteiger partial charge in [-0.05, 0) is 36.8 Å². The van der Waals surface area contributed by atoms with Crippen LogP contribution in [0.25, 0.3) is 10.9 Å². The summed E-state index contributed by atoms with van der Waals surface area (Å²) in [5.41, 5.74) is 3.90. The lowest BCUT2D eigenvalue weighted by Crippen LogP contribution is -2.44. The zero-order valence-corrected chi connectivity index (χ0v) is 19.5. The molecule has 2 atom stereocenters. The van der Waals surface area contributed by atoms with Crippen molar-refractivity contribution in [2.24, 2.45) is 7.05 Å². The van der Waals surface area contributed by atoms with Crippen molar-refractivity contribution in [2.75, 3.05) is 19.0 Å². The number of aryl methyl sites for hydroxylation is 1. The molecule has 1 aliphatic rings. The Balaban J connectivity index is 1.66. The van der Waals surface area contributed by atoms with E-state index in [0.717, 1.165) is 22.0 Å². The number of fused-ring (bicyclic) bond motifs is 2. The summed E-state index contributed by atoms with van der Waals surface area (Å²) in [5, 5.41) is 4.12. The molecule has 1 aliphatic heterocycles. The molecule has 6 nitrogen and oxygen atoms in total. The van der Waals surface area contributed by atoms with Gasteiger partial charge in [0, 0.05) is 42.3 Å². The summed E-state index contributed by atoms with van der Waals surface area (Å²) in [6.07, 6.45) is 2.03. The van der Waals surface area contributed by atoms with E-state index in [9.17, 15) is 9.59 Å². The summed E-state index contributed by atoms with van der Waals surface area (Å²) in [5.74, 6) is -0.253. The first-order chi connectivity index (χ1) is 16.5. The highest BCUT2D eigenvalue weighted by Crippen LogP contribution is 2.45. The lowest BCUT2D eigenvalue weighted by Gasteiger charge is -2.39. The zero-order valence-electron chi connectivity index (χ0n) is 19.5. The lowest BCUT2D eigenvalue weighted by molar-refractivity contribution is -0.119. The zero-order chi connectivity index (χ0) is 23.8. The third-order valence-corrected chi connectivity index (χ3v) is 6.55. The molecule has 3 aromatic carbocycles. The molecule has 2 amide bonds. The van der Waals surface area contributed by atoms with Gasteiger partial charge in [0.25, 0.3) is 5.91 Å². The van der Waals surface area contributed by atoms with Crippen molar-refractivity contribution >= 4 is 28.4 Å². The van der Waals surface area contributed by atoms with Crippen molar-refractivity contribution in [3.05, 3.63) is 95.7 Å². The Morgan fingerprint density at radius 2 is 1.65 bits per heavy atom. The van der Waals surface area contributed by atoms with Crippen LogP contribution in [0.4, 0.5) is 5.69 Å². The van der Waals surface area contributed by atoms with E-state index in [0.29, 0.717) is 23.6 Å². The summed E-state index contributed by atoms with van der Waals surface area (Å²) in [6.45, 7) is 2.40. The average molecular weight is 454 g/mol. The molecule has 4 aromatic rings. The van der Waals surface area contributed by atoms with Crippen LogP contribution in [0, 0.1) is 0 Å². The lowest BCUT2D eigenvalue weighted by atomic mass is 9.79. The Morgan fingerprint density at radius 3 is 2.47 bits per heavy atom. The van der Waals surface area contributed by atoms with Crippen LogP contribution in [0.5, 0.6) is 5.75 Å². The minimum absolute atomic E-state index is 0.0905. The molecular formula is C28H27N3O3. The maximum absolute atomic E-state index is 14.0. The summed E-state index contributed by atoms with van der Waals surface area (Å²) in [6, 6.07) is 22.4. The molecular weight excluding hydrogens is 426 g/mol. The topological polar surface area (TPSA) is 63.6 Å². The van der Waals surface area contributed by atoms with Gasteiger partial charge < -0.3 is 19.5 Å². The summed E-state index contributed by atoms with van der Waals surface area (Å²) >= 11 is 0. The van der Waals surface area contributed by atoms with Crippen LogP contribution in [0.15, 0.2) is 79.0 Å². The molecule has 172 valence electrons. The molecule has 0 spiro atoms. The Labute approximate surface area is 198 Å². The molecule has 0 bridgehead atoms. The van der Waals surface area contributed by atoms with E-state index < -0.39 is 12.0 Å². The number of nitrogens with zero attached hydrogens (tertiary/aromatic N) is 2. The number of para-hydroxylation sites is 3. The second-order valence-corrected chi connectivity index (χ2v) is 8.56. The Morgan fingerprint density at radius 1 is 0.941 bits per heavy atom. The number of benzene rings is 3. The van der Waals surface area contributed by atoms with Crippen LogP contribution < -0.4 is 10.1 Å². The molecule has 0 unspecified atom stereocenters. The maximum Gasteiger partial charge on any atom is 0.254 e. The highest BCUT2D eigenvalue weighted by atomic mass is 16.5. The number of hydrogen-bond acceptors (Lipinski definition) is 3. The van der Waals surface area contributed by atoms with Crippen LogP contribution in [0.1, 0.15) is 40.4 Å². The second-order valence-electron chi connectivity index (χ2n) is 8.56. The van der Waals surface area contributed by atoms with E-state index in [2.05, 4.69) is 5.32 Å². The largest absolute Gasteiger partial charge is 0.492 e. The van der Waals surface area contributed by atoms with E-state index in [4.69, 9.17) is 4.74 Å². The molecule has 34 heavy (non-hydrogen) atoms. The predicted molar refractivity (Wildman–Crippen MR) is 133 cm³/mol. The van der Waals surface area contributed by atoms with E-state index in [1.165, 1.54) is 0 Å². The van der Waals surface area contributed by atoms with Crippen LogP contribution in [0.2, 0.25) is 0 Å². The van der Waals surface area contributed by atoms with Crippen molar-refractivity contribution < 1.29 is 14.3 Å². The second kappa shape index (κ2) is 8.71. The van der Waals surface area contributed by atoms with E-state index in [-0.39, 0.29) is 11.8 Å². The van der Waals surface area contributed by atoms with Crippen molar-refractivity contribution in [1.82, 2.24) is 9.47 Å². The summed E-state index contributed by atoms with van der Waals surface area (Å²) in [7, 11) is 3.76. The first-order valence-corrected chi connectivity index (χ1v) is 11.4. The minimum atomic E-state index is -0.598. The molecule has 0 saturated heterocycles. The number of carbonyl (C=O) groups is 2. The fraction of sp³-hybridized carbons (Fsp3) is 0.214. The fourth-order valence-electron chi connectivity index (χ4n) is 5.02. The third-order valence-electron chi connectivity index (χ3n) is 6.55. The van der Waals surface area contributed by atoms with Crippen LogP contribution >= 0.6 is 0 Å². The number of aromatic nitrogens is 1. The van der Waals surface area contributed by atoms with Gasteiger partial charge in [-0.3, -0.25) is 9.59 Å². The van der Waals surface area contributed by atoms with Gasteiger partial charge in [-0.1, -0.05) is 48.5 Å². The Hall–Kier alpha value is -4.06. The van der Waals surface area contributed by atoms with E-state index in [1.54, 1.807) is 18.0 Å². The van der Waals surface area contributed by atoms with Crippen molar-refractivity contribution in [3.63, 3.8) is 0 Å². The third kappa shape index (κ3) is 3.52. The molecule has 0 saturated carbocycles. The van der Waals surface area contributed by atoms with Gasteiger partial charge >= 0.3 is 0 Å². The first kappa shape index (κ1) is 21.8.